The summed E-state index contributed by atoms with van der Waals surface area (Å²) < 4.78 is 24.5. The molecule has 1 atom stereocenters. The molecule has 0 heterocycles. The van der Waals surface area contributed by atoms with Crippen LogP contribution in [0.3, 0.4) is 0 Å². The smallest absolute Gasteiger partial charge is 0.181 e. The molecule has 0 fully saturated rings. The molecule has 0 spiro atoms. The normalized spacial score (nSPS) is 13.7. The number of hydrogen-bond acceptors (Lipinski definition) is 2. The lowest BCUT2D eigenvalue weighted by Crippen LogP contribution is -2.20. The topological polar surface area (TPSA) is 34.1 Å². The SMILES string of the molecule is CCCC(CC)S(=O)(=O)c1ccc(C)cc1. The van der Waals surface area contributed by atoms with E-state index < -0.39 is 9.84 Å². The molecule has 1 unspecified atom stereocenters. The van der Waals surface area contributed by atoms with Gasteiger partial charge in [-0.05, 0) is 31.9 Å². The van der Waals surface area contributed by atoms with Gasteiger partial charge >= 0.3 is 0 Å². The molecule has 1 aromatic carbocycles. The van der Waals surface area contributed by atoms with Gasteiger partial charge in [0.1, 0.15) is 0 Å². The monoisotopic (exact) mass is 240 g/mol. The summed E-state index contributed by atoms with van der Waals surface area (Å²) in [5, 5.41) is -0.236. The van der Waals surface area contributed by atoms with Crippen molar-refractivity contribution in [2.45, 2.75) is 50.2 Å². The largest absolute Gasteiger partial charge is 0.223 e. The number of aryl methyl sites for hydroxylation is 1. The molecule has 0 aliphatic rings. The second-order valence-corrected chi connectivity index (χ2v) is 6.41. The zero-order chi connectivity index (χ0) is 12.2. The number of rotatable bonds is 5. The van der Waals surface area contributed by atoms with Gasteiger partial charge in [0.05, 0.1) is 10.1 Å². The number of hydrogen-bond donors (Lipinski definition) is 0. The summed E-state index contributed by atoms with van der Waals surface area (Å²) in [6.45, 7) is 5.92. The minimum Gasteiger partial charge on any atom is -0.223 e. The third kappa shape index (κ3) is 2.85. The zero-order valence-electron chi connectivity index (χ0n) is 10.2. The van der Waals surface area contributed by atoms with E-state index in [0.29, 0.717) is 11.3 Å². The van der Waals surface area contributed by atoms with Crippen molar-refractivity contribution in [2.24, 2.45) is 0 Å². The molecule has 90 valence electrons. The van der Waals surface area contributed by atoms with Gasteiger partial charge in [0.25, 0.3) is 0 Å². The van der Waals surface area contributed by atoms with E-state index in [1.807, 2.05) is 32.9 Å². The first kappa shape index (κ1) is 13.2. The van der Waals surface area contributed by atoms with Crippen LogP contribution < -0.4 is 0 Å². The summed E-state index contributed by atoms with van der Waals surface area (Å²) in [6.07, 6.45) is 2.33. The van der Waals surface area contributed by atoms with Crippen LogP contribution in [0.4, 0.5) is 0 Å². The van der Waals surface area contributed by atoms with Crippen molar-refractivity contribution in [3.63, 3.8) is 0 Å². The van der Waals surface area contributed by atoms with Gasteiger partial charge in [-0.2, -0.15) is 0 Å². The van der Waals surface area contributed by atoms with Gasteiger partial charge in [-0.1, -0.05) is 38.0 Å². The molecule has 0 N–H and O–H groups in total. The Balaban J connectivity index is 3.04. The Morgan fingerprint density at radius 3 is 2.12 bits per heavy atom. The highest BCUT2D eigenvalue weighted by molar-refractivity contribution is 7.92. The molecule has 0 radical (unpaired) electrons. The molecule has 0 bridgehead atoms. The third-order valence-electron chi connectivity index (χ3n) is 2.85. The molecule has 0 aliphatic heterocycles. The van der Waals surface area contributed by atoms with Crippen molar-refractivity contribution in [1.82, 2.24) is 0 Å². The van der Waals surface area contributed by atoms with Crippen LogP contribution in [-0.2, 0) is 9.84 Å². The van der Waals surface area contributed by atoms with Crippen LogP contribution in [0.2, 0.25) is 0 Å². The molecule has 16 heavy (non-hydrogen) atoms. The minimum absolute atomic E-state index is 0.236. The number of benzene rings is 1. The minimum atomic E-state index is -3.13. The molecule has 0 saturated carbocycles. The average Bonchev–Trinajstić information content (AvgIpc) is 2.26. The average molecular weight is 240 g/mol. The van der Waals surface area contributed by atoms with Crippen LogP contribution in [0.1, 0.15) is 38.7 Å². The summed E-state index contributed by atoms with van der Waals surface area (Å²) in [5.74, 6) is 0. The second-order valence-electron chi connectivity index (χ2n) is 4.18. The van der Waals surface area contributed by atoms with Crippen LogP contribution >= 0.6 is 0 Å². The summed E-state index contributed by atoms with van der Waals surface area (Å²) >= 11 is 0. The van der Waals surface area contributed by atoms with E-state index in [1.54, 1.807) is 12.1 Å². The molecule has 0 saturated heterocycles. The third-order valence-corrected chi connectivity index (χ3v) is 5.23. The van der Waals surface area contributed by atoms with Gasteiger partial charge in [-0.3, -0.25) is 0 Å². The molecule has 2 nitrogen and oxygen atoms in total. The van der Waals surface area contributed by atoms with Gasteiger partial charge in [-0.25, -0.2) is 8.42 Å². The van der Waals surface area contributed by atoms with E-state index in [2.05, 4.69) is 0 Å². The van der Waals surface area contributed by atoms with E-state index in [4.69, 9.17) is 0 Å². The summed E-state index contributed by atoms with van der Waals surface area (Å²) in [5.41, 5.74) is 1.09. The molecule has 0 aliphatic carbocycles. The van der Waals surface area contributed by atoms with Crippen LogP contribution in [0, 0.1) is 6.92 Å². The predicted octanol–water partition coefficient (Wildman–Crippen LogP) is 3.35. The second kappa shape index (κ2) is 5.48. The van der Waals surface area contributed by atoms with E-state index in [-0.39, 0.29) is 5.25 Å². The van der Waals surface area contributed by atoms with Gasteiger partial charge in [0.15, 0.2) is 9.84 Å². The van der Waals surface area contributed by atoms with Crippen molar-refractivity contribution in [3.8, 4) is 0 Å². The van der Waals surface area contributed by atoms with Crippen LogP contribution in [-0.4, -0.2) is 13.7 Å². The molecular weight excluding hydrogens is 220 g/mol. The maximum Gasteiger partial charge on any atom is 0.181 e. The first-order chi connectivity index (χ1) is 7.52. The number of sulfone groups is 1. The lowest BCUT2D eigenvalue weighted by molar-refractivity contribution is 0.564. The summed E-state index contributed by atoms with van der Waals surface area (Å²) in [4.78, 5) is 0.457. The van der Waals surface area contributed by atoms with Gasteiger partial charge in [0, 0.05) is 0 Å². The van der Waals surface area contributed by atoms with E-state index in [0.717, 1.165) is 18.4 Å². The molecule has 3 heteroatoms. The summed E-state index contributed by atoms with van der Waals surface area (Å²) in [7, 11) is -3.13. The fourth-order valence-electron chi connectivity index (χ4n) is 1.82. The Kier molecular flexibility index (Phi) is 4.54. The van der Waals surface area contributed by atoms with E-state index in [9.17, 15) is 8.42 Å². The van der Waals surface area contributed by atoms with Crippen molar-refractivity contribution >= 4 is 9.84 Å². The zero-order valence-corrected chi connectivity index (χ0v) is 11.0. The fraction of sp³-hybridized carbons (Fsp3) is 0.538. The molecular formula is C13H20O2S. The Hall–Kier alpha value is -0.830. The first-order valence-electron chi connectivity index (χ1n) is 5.83. The van der Waals surface area contributed by atoms with Crippen LogP contribution in [0.5, 0.6) is 0 Å². The van der Waals surface area contributed by atoms with Crippen molar-refractivity contribution in [2.75, 3.05) is 0 Å². The van der Waals surface area contributed by atoms with Crippen LogP contribution in [0.15, 0.2) is 29.2 Å². The first-order valence-corrected chi connectivity index (χ1v) is 7.37. The fourth-order valence-corrected chi connectivity index (χ4v) is 3.71. The molecule has 0 amide bonds. The Bertz CT molecular complexity index is 418. The quantitative estimate of drug-likeness (QED) is 0.791. The Morgan fingerprint density at radius 2 is 1.69 bits per heavy atom. The van der Waals surface area contributed by atoms with Gasteiger partial charge in [-0.15, -0.1) is 0 Å². The lowest BCUT2D eigenvalue weighted by Gasteiger charge is -2.15. The Labute approximate surface area is 98.6 Å². The van der Waals surface area contributed by atoms with Crippen molar-refractivity contribution < 1.29 is 8.42 Å². The lowest BCUT2D eigenvalue weighted by atomic mass is 10.2. The molecule has 0 aromatic heterocycles. The predicted molar refractivity (Wildman–Crippen MR) is 67.4 cm³/mol. The highest BCUT2D eigenvalue weighted by Gasteiger charge is 2.24. The van der Waals surface area contributed by atoms with Crippen LogP contribution in [0.25, 0.3) is 0 Å². The van der Waals surface area contributed by atoms with E-state index >= 15 is 0 Å². The summed E-state index contributed by atoms with van der Waals surface area (Å²) in [6, 6.07) is 7.13. The maximum absolute atomic E-state index is 12.3. The highest BCUT2D eigenvalue weighted by Crippen LogP contribution is 2.22. The maximum atomic E-state index is 12.3. The van der Waals surface area contributed by atoms with Gasteiger partial charge in [0.2, 0.25) is 0 Å². The molecule has 1 rings (SSSR count). The molecule has 1 aromatic rings. The highest BCUT2D eigenvalue weighted by atomic mass is 32.2. The van der Waals surface area contributed by atoms with Crippen molar-refractivity contribution in [1.29, 1.82) is 0 Å². The standard InChI is InChI=1S/C13H20O2S/c1-4-6-12(5-2)16(14,15)13-9-7-11(3)8-10-13/h7-10,12H,4-6H2,1-3H3. The van der Waals surface area contributed by atoms with Gasteiger partial charge < -0.3 is 0 Å². The Morgan fingerprint density at radius 1 is 1.12 bits per heavy atom. The van der Waals surface area contributed by atoms with E-state index in [1.165, 1.54) is 0 Å². The van der Waals surface area contributed by atoms with Crippen molar-refractivity contribution in [3.05, 3.63) is 29.8 Å².